The number of benzene rings is 3. The fraction of sp³-hybridized carbons (Fsp3) is 0.321. The number of aliphatic hydroxyl groups is 1. The van der Waals surface area contributed by atoms with Crippen molar-refractivity contribution in [3.63, 3.8) is 0 Å². The van der Waals surface area contributed by atoms with Gasteiger partial charge in [-0.05, 0) is 67.6 Å². The number of carbonyl (C=O) groups excluding carboxylic acids is 1. The normalized spacial score (nSPS) is 18.5. The Morgan fingerprint density at radius 3 is 2.31 bits per heavy atom. The molecule has 1 aliphatic heterocycles. The van der Waals surface area contributed by atoms with Gasteiger partial charge in [-0.15, -0.1) is 0 Å². The second-order valence-corrected chi connectivity index (χ2v) is 14.3. The Balaban J connectivity index is 1.76. The first kappa shape index (κ1) is 31.7. The van der Waals surface area contributed by atoms with E-state index < -0.39 is 49.8 Å². The van der Waals surface area contributed by atoms with E-state index in [0.29, 0.717) is 5.02 Å². The predicted octanol–water partition coefficient (Wildman–Crippen LogP) is 3.82. The van der Waals surface area contributed by atoms with E-state index >= 15 is 0 Å². The topological polar surface area (TPSA) is 133 Å². The van der Waals surface area contributed by atoms with Gasteiger partial charge in [0.1, 0.15) is 11.9 Å². The maximum Gasteiger partial charge on any atom is 0.262 e. The number of fused-ring (bicyclic) bond motifs is 1. The van der Waals surface area contributed by atoms with Crippen molar-refractivity contribution < 1.29 is 35.9 Å². The number of sulfonamides is 2. The minimum absolute atomic E-state index is 0.0201. The number of rotatable bonds is 9. The maximum absolute atomic E-state index is 13.7. The average Bonchev–Trinajstić information content (AvgIpc) is 2.95. The second-order valence-electron chi connectivity index (χ2n) is 10.1. The predicted molar refractivity (Wildman–Crippen MR) is 156 cm³/mol. The van der Waals surface area contributed by atoms with E-state index in [1.165, 1.54) is 54.4 Å². The van der Waals surface area contributed by atoms with E-state index in [-0.39, 0.29) is 46.5 Å². The number of para-hydroxylation sites is 1. The Hall–Kier alpha value is -3.23. The van der Waals surface area contributed by atoms with Crippen molar-refractivity contribution in [1.82, 2.24) is 9.21 Å². The molecule has 4 rings (SSSR count). The molecular weight excluding hydrogens is 609 g/mol. The number of ether oxygens (including phenoxy) is 1. The molecule has 14 heteroatoms. The third kappa shape index (κ3) is 6.70. The van der Waals surface area contributed by atoms with Gasteiger partial charge in [0.2, 0.25) is 10.0 Å². The summed E-state index contributed by atoms with van der Waals surface area (Å²) in [5.74, 6) is -1.67. The van der Waals surface area contributed by atoms with Gasteiger partial charge in [0.15, 0.2) is 5.75 Å². The lowest BCUT2D eigenvalue weighted by molar-refractivity contribution is 0.0389. The smallest absolute Gasteiger partial charge is 0.262 e. The molecule has 3 atom stereocenters. The summed E-state index contributed by atoms with van der Waals surface area (Å²) in [5, 5.41) is 10.3. The molecule has 0 radical (unpaired) electrons. The third-order valence-electron chi connectivity index (χ3n) is 7.02. The first-order valence-corrected chi connectivity index (χ1v) is 16.3. The van der Waals surface area contributed by atoms with Crippen LogP contribution in [-0.4, -0.2) is 75.9 Å². The molecular formula is C28H31ClFN3O7S2. The summed E-state index contributed by atoms with van der Waals surface area (Å²) >= 11 is 5.92. The molecule has 0 aromatic heterocycles. The zero-order chi connectivity index (χ0) is 30.8. The van der Waals surface area contributed by atoms with Crippen molar-refractivity contribution in [2.75, 3.05) is 31.5 Å². The monoisotopic (exact) mass is 639 g/mol. The van der Waals surface area contributed by atoms with Gasteiger partial charge >= 0.3 is 0 Å². The summed E-state index contributed by atoms with van der Waals surface area (Å²) in [6.45, 7) is 3.08. The van der Waals surface area contributed by atoms with E-state index in [1.807, 2.05) is 0 Å². The van der Waals surface area contributed by atoms with E-state index in [2.05, 4.69) is 4.72 Å². The van der Waals surface area contributed by atoms with Gasteiger partial charge in [-0.1, -0.05) is 24.6 Å². The van der Waals surface area contributed by atoms with Crippen LogP contribution >= 0.6 is 11.6 Å². The fourth-order valence-corrected chi connectivity index (χ4v) is 6.87. The van der Waals surface area contributed by atoms with Gasteiger partial charge in [-0.25, -0.2) is 21.2 Å². The zero-order valence-corrected chi connectivity index (χ0v) is 25.5. The highest BCUT2D eigenvalue weighted by Crippen LogP contribution is 2.36. The van der Waals surface area contributed by atoms with Crippen molar-refractivity contribution in [2.45, 2.75) is 35.8 Å². The molecule has 226 valence electrons. The standard InChI is InChI=1S/C28H31ClFN3O7S2/c1-18-15-33(19(2)17-34)28(35)24-5-4-6-25(31-41(36,37)22-13-9-21(30)10-14-22)27(24)40-26(18)16-32(3)42(38,39)23-11-7-20(29)8-12-23/h4-14,18-19,26,31,34H,15-17H2,1-3H3/t18-,19-,26-/m1/s1. The third-order valence-corrected chi connectivity index (χ3v) is 10.5. The molecule has 2 N–H and O–H groups in total. The molecule has 1 aliphatic rings. The molecule has 10 nitrogen and oxygen atoms in total. The molecule has 0 aliphatic carbocycles. The van der Waals surface area contributed by atoms with E-state index in [0.717, 1.165) is 28.6 Å². The summed E-state index contributed by atoms with van der Waals surface area (Å²) < 4.78 is 76.3. The number of amides is 1. The molecule has 0 saturated heterocycles. The Morgan fingerprint density at radius 2 is 1.69 bits per heavy atom. The maximum atomic E-state index is 13.7. The quantitative estimate of drug-likeness (QED) is 0.364. The highest BCUT2D eigenvalue weighted by Gasteiger charge is 2.36. The van der Waals surface area contributed by atoms with Crippen LogP contribution in [0.5, 0.6) is 5.75 Å². The van der Waals surface area contributed by atoms with Crippen LogP contribution in [0.2, 0.25) is 5.02 Å². The number of aliphatic hydroxyl groups excluding tert-OH is 1. The van der Waals surface area contributed by atoms with Crippen LogP contribution in [0.4, 0.5) is 10.1 Å². The lowest BCUT2D eigenvalue weighted by Gasteiger charge is -2.38. The summed E-state index contributed by atoms with van der Waals surface area (Å²) in [6, 6.07) is 13.7. The number of nitrogens with zero attached hydrogens (tertiary/aromatic N) is 2. The molecule has 3 aromatic rings. The van der Waals surface area contributed by atoms with Crippen LogP contribution in [-0.2, 0) is 20.0 Å². The van der Waals surface area contributed by atoms with E-state index in [1.54, 1.807) is 13.8 Å². The van der Waals surface area contributed by atoms with Crippen LogP contribution in [0.15, 0.2) is 76.5 Å². The number of nitrogens with one attached hydrogen (secondary N) is 1. The van der Waals surface area contributed by atoms with E-state index in [4.69, 9.17) is 16.3 Å². The van der Waals surface area contributed by atoms with E-state index in [9.17, 15) is 31.1 Å². The Morgan fingerprint density at radius 1 is 1.07 bits per heavy atom. The summed E-state index contributed by atoms with van der Waals surface area (Å²) in [6.07, 6.45) is -0.853. The number of halogens is 2. The van der Waals surface area contributed by atoms with Gasteiger partial charge in [-0.2, -0.15) is 4.31 Å². The minimum Gasteiger partial charge on any atom is -0.486 e. The molecule has 0 fully saturated rings. The zero-order valence-electron chi connectivity index (χ0n) is 23.1. The highest BCUT2D eigenvalue weighted by molar-refractivity contribution is 7.92. The molecule has 0 unspecified atom stereocenters. The van der Waals surface area contributed by atoms with Crippen molar-refractivity contribution in [1.29, 1.82) is 0 Å². The minimum atomic E-state index is -4.23. The van der Waals surface area contributed by atoms with Crippen molar-refractivity contribution in [2.24, 2.45) is 5.92 Å². The lowest BCUT2D eigenvalue weighted by atomic mass is 9.99. The first-order chi connectivity index (χ1) is 19.7. The van der Waals surface area contributed by atoms with Crippen LogP contribution < -0.4 is 9.46 Å². The van der Waals surface area contributed by atoms with Gasteiger partial charge in [0.05, 0.1) is 40.2 Å². The number of likely N-dealkylation sites (N-methyl/N-ethyl adjacent to an activating group) is 1. The van der Waals surface area contributed by atoms with Gasteiger partial charge in [0.25, 0.3) is 15.9 Å². The number of hydrogen-bond donors (Lipinski definition) is 2. The Kier molecular flexibility index (Phi) is 9.48. The fourth-order valence-electron chi connectivity index (χ4n) is 4.50. The molecule has 42 heavy (non-hydrogen) atoms. The van der Waals surface area contributed by atoms with Crippen LogP contribution in [0.3, 0.4) is 0 Å². The van der Waals surface area contributed by atoms with Gasteiger partial charge in [0, 0.05) is 24.5 Å². The number of carbonyl (C=O) groups is 1. The summed E-state index contributed by atoms with van der Waals surface area (Å²) in [4.78, 5) is 14.9. The van der Waals surface area contributed by atoms with Gasteiger partial charge in [-0.3, -0.25) is 9.52 Å². The van der Waals surface area contributed by atoms with Crippen molar-refractivity contribution in [3.8, 4) is 5.75 Å². The van der Waals surface area contributed by atoms with Gasteiger partial charge < -0.3 is 14.7 Å². The summed E-state index contributed by atoms with van der Waals surface area (Å²) in [7, 11) is -6.81. The molecule has 3 aromatic carbocycles. The van der Waals surface area contributed by atoms with Crippen LogP contribution in [0.25, 0.3) is 0 Å². The Labute approximate surface area is 249 Å². The average molecular weight is 640 g/mol. The SMILES string of the molecule is C[C@@H]1CN([C@H](C)CO)C(=O)c2cccc(NS(=O)(=O)c3ccc(F)cc3)c2O[C@@H]1CN(C)S(=O)(=O)c1ccc(Cl)cc1. The lowest BCUT2D eigenvalue weighted by Crippen LogP contribution is -2.50. The molecule has 0 spiro atoms. The Bertz CT molecular complexity index is 1650. The van der Waals surface area contributed by atoms with Crippen LogP contribution in [0, 0.1) is 11.7 Å². The highest BCUT2D eigenvalue weighted by atomic mass is 35.5. The second kappa shape index (κ2) is 12.6. The summed E-state index contributed by atoms with van der Waals surface area (Å²) in [5.41, 5.74) is -0.0428. The van der Waals surface area contributed by atoms with Crippen LogP contribution in [0.1, 0.15) is 24.2 Å². The number of anilines is 1. The van der Waals surface area contributed by atoms with Crippen molar-refractivity contribution >= 4 is 43.2 Å². The first-order valence-electron chi connectivity index (χ1n) is 13.0. The van der Waals surface area contributed by atoms with Crippen molar-refractivity contribution in [3.05, 3.63) is 83.1 Å². The molecule has 1 amide bonds. The molecule has 0 bridgehead atoms. The largest absolute Gasteiger partial charge is 0.486 e. The molecule has 1 heterocycles. The molecule has 0 saturated carbocycles. The number of hydrogen-bond acceptors (Lipinski definition) is 7.